The van der Waals surface area contributed by atoms with Gasteiger partial charge in [0.2, 0.25) is 0 Å². The second-order valence-corrected chi connectivity index (χ2v) is 6.80. The zero-order chi connectivity index (χ0) is 18.4. The van der Waals surface area contributed by atoms with Gasteiger partial charge in [-0.3, -0.25) is 4.79 Å². The number of nitrogens with one attached hydrogen (secondary N) is 1. The first kappa shape index (κ1) is 18.1. The van der Waals surface area contributed by atoms with E-state index in [2.05, 4.69) is 27.3 Å². The van der Waals surface area contributed by atoms with Crippen molar-refractivity contribution < 1.29 is 9.53 Å². The van der Waals surface area contributed by atoms with Gasteiger partial charge in [0.1, 0.15) is 17.4 Å². The third-order valence-corrected chi connectivity index (χ3v) is 5.11. The fourth-order valence-corrected chi connectivity index (χ4v) is 3.64. The number of carbonyl (C=O) groups is 1. The summed E-state index contributed by atoms with van der Waals surface area (Å²) >= 11 is 0. The molecule has 2 aliphatic rings. The number of hydrogen-bond acceptors (Lipinski definition) is 5. The van der Waals surface area contributed by atoms with E-state index in [9.17, 15) is 10.1 Å². The van der Waals surface area contributed by atoms with Crippen LogP contribution in [0.2, 0.25) is 0 Å². The van der Waals surface area contributed by atoms with Gasteiger partial charge in [-0.15, -0.1) is 0 Å². The number of piperazine rings is 1. The van der Waals surface area contributed by atoms with Crippen LogP contribution in [0.1, 0.15) is 25.7 Å². The number of rotatable bonds is 5. The van der Waals surface area contributed by atoms with Gasteiger partial charge in [-0.2, -0.15) is 5.26 Å². The van der Waals surface area contributed by atoms with Crippen LogP contribution in [-0.2, 0) is 4.79 Å². The highest BCUT2D eigenvalue weighted by Gasteiger charge is 2.22. The van der Waals surface area contributed by atoms with Gasteiger partial charge in [-0.25, -0.2) is 0 Å². The predicted molar refractivity (Wildman–Crippen MR) is 101 cm³/mol. The second kappa shape index (κ2) is 8.61. The van der Waals surface area contributed by atoms with Gasteiger partial charge in [-0.05, 0) is 25.0 Å². The standard InChI is InChI=1S/C20H26N4O2/c1-26-19-9-5-4-8-18(19)24-12-10-23(11-13-24)15-16(14-21)20(25)22-17-6-2-3-7-17/h4-5,8-9,15,17H,2-3,6-7,10-13H2,1H3,(H,22,25)/b16-15-. The lowest BCUT2D eigenvalue weighted by Gasteiger charge is -2.36. The summed E-state index contributed by atoms with van der Waals surface area (Å²) in [6.45, 7) is 3.17. The Morgan fingerprint density at radius 3 is 2.58 bits per heavy atom. The molecule has 1 N–H and O–H groups in total. The predicted octanol–water partition coefficient (Wildman–Crippen LogP) is 2.28. The summed E-state index contributed by atoms with van der Waals surface area (Å²) in [7, 11) is 1.68. The topological polar surface area (TPSA) is 68.6 Å². The molecule has 1 saturated carbocycles. The van der Waals surface area contributed by atoms with Crippen molar-refractivity contribution >= 4 is 11.6 Å². The van der Waals surface area contributed by atoms with Crippen molar-refractivity contribution in [2.45, 2.75) is 31.7 Å². The summed E-state index contributed by atoms with van der Waals surface area (Å²) in [6, 6.07) is 10.3. The molecule has 0 aromatic heterocycles. The number of nitriles is 1. The lowest BCUT2D eigenvalue weighted by molar-refractivity contribution is -0.117. The highest BCUT2D eigenvalue weighted by Crippen LogP contribution is 2.28. The molecule has 0 atom stereocenters. The minimum Gasteiger partial charge on any atom is -0.495 e. The lowest BCUT2D eigenvalue weighted by Crippen LogP contribution is -2.44. The smallest absolute Gasteiger partial charge is 0.263 e. The maximum atomic E-state index is 12.3. The van der Waals surface area contributed by atoms with Gasteiger partial charge in [0.25, 0.3) is 5.91 Å². The van der Waals surface area contributed by atoms with E-state index >= 15 is 0 Å². The highest BCUT2D eigenvalue weighted by atomic mass is 16.5. The first-order valence-electron chi connectivity index (χ1n) is 9.26. The zero-order valence-electron chi connectivity index (χ0n) is 15.3. The fraction of sp³-hybridized carbons (Fsp3) is 0.500. The molecule has 3 rings (SSSR count). The summed E-state index contributed by atoms with van der Waals surface area (Å²) in [5.74, 6) is 0.622. The molecule has 0 radical (unpaired) electrons. The molecule has 1 aromatic rings. The van der Waals surface area contributed by atoms with E-state index in [1.165, 1.54) is 0 Å². The number of para-hydroxylation sites is 2. The molecule has 26 heavy (non-hydrogen) atoms. The molecule has 6 nitrogen and oxygen atoms in total. The summed E-state index contributed by atoms with van der Waals surface area (Å²) < 4.78 is 5.44. The van der Waals surface area contributed by atoms with Crippen LogP contribution >= 0.6 is 0 Å². The molecular weight excluding hydrogens is 328 g/mol. The van der Waals surface area contributed by atoms with E-state index in [0.29, 0.717) is 0 Å². The Bertz CT molecular complexity index is 696. The number of ether oxygens (including phenoxy) is 1. The molecule has 6 heteroatoms. The summed E-state index contributed by atoms with van der Waals surface area (Å²) in [4.78, 5) is 16.6. The molecule has 1 amide bonds. The Balaban J connectivity index is 1.58. The van der Waals surface area contributed by atoms with Gasteiger partial charge >= 0.3 is 0 Å². The van der Waals surface area contributed by atoms with Crippen LogP contribution in [0.5, 0.6) is 5.75 Å². The van der Waals surface area contributed by atoms with Gasteiger partial charge < -0.3 is 19.9 Å². The van der Waals surface area contributed by atoms with Crippen molar-refractivity contribution in [3.8, 4) is 11.8 Å². The van der Waals surface area contributed by atoms with Crippen LogP contribution in [0.4, 0.5) is 5.69 Å². The zero-order valence-corrected chi connectivity index (χ0v) is 15.3. The number of anilines is 1. The molecule has 1 saturated heterocycles. The van der Waals surface area contributed by atoms with E-state index in [-0.39, 0.29) is 17.5 Å². The maximum Gasteiger partial charge on any atom is 0.263 e. The van der Waals surface area contributed by atoms with E-state index in [0.717, 1.165) is 63.3 Å². The molecule has 2 fully saturated rings. The second-order valence-electron chi connectivity index (χ2n) is 6.80. The van der Waals surface area contributed by atoms with Gasteiger partial charge in [0, 0.05) is 38.4 Å². The van der Waals surface area contributed by atoms with E-state index in [1.807, 2.05) is 18.2 Å². The molecular formula is C20H26N4O2. The summed E-state index contributed by atoms with van der Waals surface area (Å²) in [5, 5.41) is 12.4. The lowest BCUT2D eigenvalue weighted by atomic mass is 10.2. The van der Waals surface area contributed by atoms with Crippen LogP contribution in [0, 0.1) is 11.3 Å². The van der Waals surface area contributed by atoms with E-state index in [1.54, 1.807) is 13.3 Å². The Kier molecular flexibility index (Phi) is 6.00. The first-order valence-corrected chi connectivity index (χ1v) is 9.26. The Hall–Kier alpha value is -2.68. The molecule has 138 valence electrons. The molecule has 1 aromatic carbocycles. The number of benzene rings is 1. The van der Waals surface area contributed by atoms with Crippen LogP contribution in [-0.4, -0.2) is 50.1 Å². The van der Waals surface area contributed by atoms with Gasteiger partial charge in [0.05, 0.1) is 12.8 Å². The molecule has 1 aliphatic carbocycles. The van der Waals surface area contributed by atoms with Crippen molar-refractivity contribution in [1.29, 1.82) is 5.26 Å². The largest absolute Gasteiger partial charge is 0.495 e. The number of nitrogens with zero attached hydrogens (tertiary/aromatic N) is 3. The van der Waals surface area contributed by atoms with Crippen LogP contribution in [0.3, 0.4) is 0 Å². The highest BCUT2D eigenvalue weighted by molar-refractivity contribution is 5.97. The Labute approximate surface area is 155 Å². The molecule has 0 bridgehead atoms. The quantitative estimate of drug-likeness (QED) is 0.649. The van der Waals surface area contributed by atoms with Crippen molar-refractivity contribution in [2.24, 2.45) is 0 Å². The number of amides is 1. The number of methoxy groups -OCH3 is 1. The van der Waals surface area contributed by atoms with Crippen molar-refractivity contribution in [3.63, 3.8) is 0 Å². The minimum atomic E-state index is -0.244. The Morgan fingerprint density at radius 1 is 1.23 bits per heavy atom. The molecule has 0 spiro atoms. The van der Waals surface area contributed by atoms with Crippen LogP contribution in [0.25, 0.3) is 0 Å². The molecule has 1 heterocycles. The third-order valence-electron chi connectivity index (χ3n) is 5.11. The van der Waals surface area contributed by atoms with Crippen molar-refractivity contribution in [3.05, 3.63) is 36.0 Å². The number of hydrogen-bond donors (Lipinski definition) is 1. The van der Waals surface area contributed by atoms with Crippen LogP contribution in [0.15, 0.2) is 36.0 Å². The number of carbonyl (C=O) groups excluding carboxylic acids is 1. The van der Waals surface area contributed by atoms with Crippen LogP contribution < -0.4 is 15.0 Å². The maximum absolute atomic E-state index is 12.3. The first-order chi connectivity index (χ1) is 12.7. The average Bonchev–Trinajstić information content (AvgIpc) is 3.19. The van der Waals surface area contributed by atoms with Crippen molar-refractivity contribution in [2.75, 3.05) is 38.2 Å². The molecule has 1 aliphatic heterocycles. The normalized spacial score (nSPS) is 18.5. The summed E-state index contributed by atoms with van der Waals surface area (Å²) in [6.07, 6.45) is 6.05. The Morgan fingerprint density at radius 2 is 1.92 bits per heavy atom. The van der Waals surface area contributed by atoms with Gasteiger partial charge in [-0.1, -0.05) is 25.0 Å². The van der Waals surface area contributed by atoms with E-state index < -0.39 is 0 Å². The van der Waals surface area contributed by atoms with Crippen molar-refractivity contribution in [1.82, 2.24) is 10.2 Å². The minimum absolute atomic E-state index is 0.197. The summed E-state index contributed by atoms with van der Waals surface area (Å²) in [5.41, 5.74) is 1.28. The van der Waals surface area contributed by atoms with Gasteiger partial charge in [0.15, 0.2) is 0 Å². The fourth-order valence-electron chi connectivity index (χ4n) is 3.64. The van der Waals surface area contributed by atoms with E-state index in [4.69, 9.17) is 4.74 Å². The monoisotopic (exact) mass is 354 g/mol. The third kappa shape index (κ3) is 4.29. The average molecular weight is 354 g/mol. The SMILES string of the molecule is COc1ccccc1N1CCN(/C=C(/C#N)C(=O)NC2CCCC2)CC1. The molecule has 0 unspecified atom stereocenters.